The van der Waals surface area contributed by atoms with Gasteiger partial charge < -0.3 is 5.32 Å². The summed E-state index contributed by atoms with van der Waals surface area (Å²) in [5.74, 6) is -0.203. The predicted molar refractivity (Wildman–Crippen MR) is 95.9 cm³/mol. The average Bonchev–Trinajstić information content (AvgIpc) is 2.50. The molecule has 0 aliphatic rings. The fraction of sp³-hybridized carbons (Fsp3) is 0.200. The second-order valence-electron chi connectivity index (χ2n) is 5.08. The Morgan fingerprint density at radius 1 is 1.38 bits per heavy atom. The molecule has 3 N–H and O–H groups in total. The standard InChI is InChI=1S/C15H16ClN3O3S2/c1-9-6-11(24(17,21)22)7-13(10(9)2)19-14(20)8-23-15-12(16)4-3-5-18-15/h3-7H,8H2,1-2H3,(H,19,20)(H2,17,21,22). The second-order valence-corrected chi connectivity index (χ2v) is 8.02. The number of rotatable bonds is 5. The van der Waals surface area contributed by atoms with Crippen LogP contribution in [0.25, 0.3) is 0 Å². The van der Waals surface area contributed by atoms with Crippen LogP contribution in [0.1, 0.15) is 11.1 Å². The lowest BCUT2D eigenvalue weighted by Gasteiger charge is -2.12. The van der Waals surface area contributed by atoms with E-state index in [-0.39, 0.29) is 16.6 Å². The van der Waals surface area contributed by atoms with Gasteiger partial charge in [0.05, 0.1) is 15.7 Å². The first-order valence-corrected chi connectivity index (χ1v) is 9.76. The molecule has 0 radical (unpaired) electrons. The minimum Gasteiger partial charge on any atom is -0.325 e. The Labute approximate surface area is 149 Å². The van der Waals surface area contributed by atoms with Gasteiger partial charge in [-0.1, -0.05) is 23.4 Å². The molecule has 9 heteroatoms. The first-order valence-electron chi connectivity index (χ1n) is 6.85. The van der Waals surface area contributed by atoms with E-state index in [1.54, 1.807) is 32.2 Å². The van der Waals surface area contributed by atoms with Crippen molar-refractivity contribution in [2.24, 2.45) is 5.14 Å². The van der Waals surface area contributed by atoms with Crippen LogP contribution in [0.4, 0.5) is 5.69 Å². The Morgan fingerprint density at radius 2 is 2.08 bits per heavy atom. The van der Waals surface area contributed by atoms with Crippen molar-refractivity contribution in [2.75, 3.05) is 11.1 Å². The number of aryl methyl sites for hydroxylation is 1. The van der Waals surface area contributed by atoms with Gasteiger partial charge in [0.1, 0.15) is 5.03 Å². The van der Waals surface area contributed by atoms with E-state index >= 15 is 0 Å². The average molecular weight is 386 g/mol. The number of pyridine rings is 1. The zero-order valence-electron chi connectivity index (χ0n) is 13.0. The molecule has 24 heavy (non-hydrogen) atoms. The van der Waals surface area contributed by atoms with Crippen LogP contribution < -0.4 is 10.5 Å². The summed E-state index contributed by atoms with van der Waals surface area (Å²) in [6.45, 7) is 3.54. The molecule has 0 aliphatic carbocycles. The second kappa shape index (κ2) is 7.52. The summed E-state index contributed by atoms with van der Waals surface area (Å²) >= 11 is 7.19. The Hall–Kier alpha value is -1.61. The van der Waals surface area contributed by atoms with E-state index in [9.17, 15) is 13.2 Å². The first-order chi connectivity index (χ1) is 11.2. The van der Waals surface area contributed by atoms with Crippen LogP contribution in [0.2, 0.25) is 5.02 Å². The molecule has 0 bridgehead atoms. The summed E-state index contributed by atoms with van der Waals surface area (Å²) in [4.78, 5) is 16.2. The molecule has 2 aromatic rings. The highest BCUT2D eigenvalue weighted by Crippen LogP contribution is 2.26. The molecule has 1 aromatic heterocycles. The van der Waals surface area contributed by atoms with E-state index in [0.717, 1.165) is 11.1 Å². The third-order valence-electron chi connectivity index (χ3n) is 3.31. The molecular formula is C15H16ClN3O3S2. The van der Waals surface area contributed by atoms with E-state index in [1.165, 1.54) is 23.9 Å². The monoisotopic (exact) mass is 385 g/mol. The molecule has 0 aliphatic heterocycles. The van der Waals surface area contributed by atoms with Crippen molar-refractivity contribution in [1.29, 1.82) is 0 Å². The van der Waals surface area contributed by atoms with E-state index in [0.29, 0.717) is 15.7 Å². The van der Waals surface area contributed by atoms with Crippen LogP contribution in [0, 0.1) is 13.8 Å². The number of amides is 1. The molecule has 128 valence electrons. The summed E-state index contributed by atoms with van der Waals surface area (Å²) in [5, 5.41) is 8.89. The van der Waals surface area contributed by atoms with Crippen LogP contribution >= 0.6 is 23.4 Å². The van der Waals surface area contributed by atoms with Gasteiger partial charge in [-0.25, -0.2) is 18.5 Å². The smallest absolute Gasteiger partial charge is 0.238 e. The van der Waals surface area contributed by atoms with Gasteiger partial charge in [-0.15, -0.1) is 0 Å². The number of hydrogen-bond donors (Lipinski definition) is 2. The number of anilines is 1. The lowest BCUT2D eigenvalue weighted by Crippen LogP contribution is -2.17. The number of nitrogens with two attached hydrogens (primary N) is 1. The van der Waals surface area contributed by atoms with Crippen molar-refractivity contribution in [2.45, 2.75) is 23.8 Å². The van der Waals surface area contributed by atoms with Gasteiger partial charge in [-0.3, -0.25) is 4.79 Å². The van der Waals surface area contributed by atoms with Crippen LogP contribution in [-0.4, -0.2) is 25.1 Å². The van der Waals surface area contributed by atoms with Gasteiger partial charge >= 0.3 is 0 Å². The van der Waals surface area contributed by atoms with Crippen LogP contribution in [-0.2, 0) is 14.8 Å². The maximum absolute atomic E-state index is 12.1. The van der Waals surface area contributed by atoms with Crippen LogP contribution in [0.15, 0.2) is 40.4 Å². The Balaban J connectivity index is 2.14. The molecule has 1 amide bonds. The number of primary sulfonamides is 1. The molecule has 0 saturated heterocycles. The van der Waals surface area contributed by atoms with E-state index in [1.807, 2.05) is 0 Å². The summed E-state index contributed by atoms with van der Waals surface area (Å²) < 4.78 is 23.0. The molecule has 2 rings (SSSR count). The van der Waals surface area contributed by atoms with Crippen molar-refractivity contribution >= 4 is 45.0 Å². The lowest BCUT2D eigenvalue weighted by atomic mass is 10.1. The number of halogens is 1. The number of benzene rings is 1. The highest BCUT2D eigenvalue weighted by atomic mass is 35.5. The Morgan fingerprint density at radius 3 is 2.71 bits per heavy atom. The fourth-order valence-corrected chi connectivity index (χ4v) is 3.51. The molecule has 0 spiro atoms. The molecule has 6 nitrogen and oxygen atoms in total. The number of hydrogen-bond acceptors (Lipinski definition) is 5. The third-order valence-corrected chi connectivity index (χ3v) is 5.62. The highest BCUT2D eigenvalue weighted by Gasteiger charge is 2.14. The summed E-state index contributed by atoms with van der Waals surface area (Å²) in [6, 6.07) is 6.23. The molecule has 0 saturated carbocycles. The highest BCUT2D eigenvalue weighted by molar-refractivity contribution is 8.00. The summed E-state index contributed by atoms with van der Waals surface area (Å²) in [5.41, 5.74) is 1.91. The number of sulfonamides is 1. The van der Waals surface area contributed by atoms with Crippen molar-refractivity contribution < 1.29 is 13.2 Å². The van der Waals surface area contributed by atoms with Crippen molar-refractivity contribution in [1.82, 2.24) is 4.98 Å². The largest absolute Gasteiger partial charge is 0.325 e. The molecular weight excluding hydrogens is 370 g/mol. The van der Waals surface area contributed by atoms with Gasteiger partial charge in [0.2, 0.25) is 15.9 Å². The molecule has 0 fully saturated rings. The Bertz CT molecular complexity index is 886. The minimum atomic E-state index is -3.85. The fourth-order valence-electron chi connectivity index (χ4n) is 1.92. The van der Waals surface area contributed by atoms with E-state index < -0.39 is 10.0 Å². The Kier molecular flexibility index (Phi) is 5.87. The van der Waals surface area contributed by atoms with Gasteiger partial charge in [0.25, 0.3) is 0 Å². The van der Waals surface area contributed by atoms with Crippen molar-refractivity contribution in [3.63, 3.8) is 0 Å². The number of carbonyl (C=O) groups excluding carboxylic acids is 1. The van der Waals surface area contributed by atoms with Crippen molar-refractivity contribution in [3.05, 3.63) is 46.6 Å². The number of aromatic nitrogens is 1. The summed E-state index contributed by atoms with van der Waals surface area (Å²) in [7, 11) is -3.85. The van der Waals surface area contributed by atoms with E-state index in [4.69, 9.17) is 16.7 Å². The molecule has 0 atom stereocenters. The number of thioether (sulfide) groups is 1. The molecule has 1 aromatic carbocycles. The van der Waals surface area contributed by atoms with Gasteiger partial charge in [0, 0.05) is 11.9 Å². The maximum Gasteiger partial charge on any atom is 0.238 e. The quantitative estimate of drug-likeness (QED) is 0.770. The third kappa shape index (κ3) is 4.70. The number of nitrogens with zero attached hydrogens (tertiary/aromatic N) is 1. The zero-order chi connectivity index (χ0) is 17.9. The lowest BCUT2D eigenvalue weighted by molar-refractivity contribution is -0.113. The molecule has 0 unspecified atom stereocenters. The first kappa shape index (κ1) is 18.7. The van der Waals surface area contributed by atoms with Gasteiger partial charge in [-0.2, -0.15) is 0 Å². The van der Waals surface area contributed by atoms with Crippen LogP contribution in [0.3, 0.4) is 0 Å². The predicted octanol–water partition coefficient (Wildman–Crippen LogP) is 2.73. The minimum absolute atomic E-state index is 0.0404. The van der Waals surface area contributed by atoms with E-state index in [2.05, 4.69) is 10.3 Å². The van der Waals surface area contributed by atoms with Crippen molar-refractivity contribution in [3.8, 4) is 0 Å². The number of carbonyl (C=O) groups is 1. The van der Waals surface area contributed by atoms with Gasteiger partial charge in [-0.05, 0) is 49.2 Å². The summed E-state index contributed by atoms with van der Waals surface area (Å²) in [6.07, 6.45) is 1.59. The van der Waals surface area contributed by atoms with Gasteiger partial charge in [0.15, 0.2) is 0 Å². The number of nitrogens with one attached hydrogen (secondary N) is 1. The van der Waals surface area contributed by atoms with Crippen LogP contribution in [0.5, 0.6) is 0 Å². The maximum atomic E-state index is 12.1. The zero-order valence-corrected chi connectivity index (χ0v) is 15.4. The SMILES string of the molecule is Cc1cc(S(N)(=O)=O)cc(NC(=O)CSc2ncccc2Cl)c1C. The normalized spacial score (nSPS) is 11.3. The topological polar surface area (TPSA) is 102 Å². The molecule has 1 heterocycles.